The summed E-state index contributed by atoms with van der Waals surface area (Å²) in [7, 11) is 0. The molecular formula is C25H36O6. The third-order valence-corrected chi connectivity index (χ3v) is 5.32. The maximum atomic E-state index is 11.9. The number of aromatic carboxylic acids is 1. The molecule has 0 aromatic heterocycles. The molecule has 0 saturated carbocycles. The normalized spacial score (nSPS) is 13.2. The quantitative estimate of drug-likeness (QED) is 0.336. The summed E-state index contributed by atoms with van der Waals surface area (Å²) in [4.78, 5) is 11.9. The Kier molecular flexibility index (Phi) is 10.6. The van der Waals surface area contributed by atoms with Crippen LogP contribution in [0, 0.1) is 0 Å². The first kappa shape index (κ1) is 25.0. The van der Waals surface area contributed by atoms with Gasteiger partial charge in [0.1, 0.15) is 30.3 Å². The van der Waals surface area contributed by atoms with Gasteiger partial charge in [-0.2, -0.15) is 0 Å². The van der Waals surface area contributed by atoms with Gasteiger partial charge in [-0.1, -0.05) is 58.4 Å². The van der Waals surface area contributed by atoms with E-state index in [0.717, 1.165) is 38.5 Å². The Morgan fingerprint density at radius 3 is 2.06 bits per heavy atom. The van der Waals surface area contributed by atoms with Crippen LogP contribution in [0.5, 0.6) is 11.5 Å². The molecule has 0 fully saturated rings. The molecule has 31 heavy (non-hydrogen) atoms. The van der Waals surface area contributed by atoms with Gasteiger partial charge in [-0.25, -0.2) is 4.79 Å². The third-order valence-electron chi connectivity index (χ3n) is 5.32. The molecular weight excluding hydrogens is 396 g/mol. The first-order chi connectivity index (χ1) is 15.0. The minimum Gasteiger partial charge on any atom is -0.491 e. The van der Waals surface area contributed by atoms with Gasteiger partial charge in [0.05, 0.1) is 12.2 Å². The lowest BCUT2D eigenvalue weighted by Crippen LogP contribution is -2.18. The van der Waals surface area contributed by atoms with Crippen molar-refractivity contribution in [3.63, 3.8) is 0 Å². The largest absolute Gasteiger partial charge is 0.491 e. The van der Waals surface area contributed by atoms with Crippen LogP contribution in [0.4, 0.5) is 0 Å². The minimum absolute atomic E-state index is 0.0621. The molecule has 2 atom stereocenters. The first-order valence-corrected chi connectivity index (χ1v) is 11.4. The van der Waals surface area contributed by atoms with Crippen molar-refractivity contribution in [2.45, 2.75) is 77.4 Å². The van der Waals surface area contributed by atoms with E-state index in [1.54, 1.807) is 30.3 Å². The van der Waals surface area contributed by atoms with Crippen LogP contribution in [-0.2, 0) is 0 Å². The predicted molar refractivity (Wildman–Crippen MR) is 122 cm³/mol. The Morgan fingerprint density at radius 2 is 1.48 bits per heavy atom. The summed E-state index contributed by atoms with van der Waals surface area (Å²) >= 11 is 0. The molecule has 6 nitrogen and oxygen atoms in total. The number of unbranched alkanes of at least 4 members (excludes halogenated alkanes) is 4. The number of rotatable bonds is 15. The molecule has 0 spiro atoms. The standard InChI is InChI=1S/C25H36O6/c1-3-5-7-9-19(26)16-30-21-12-13-22-18(15-21)11-14-23(24(22)25(28)29)31-17-20(27)10-8-6-4-2/h11-15,19-20,26-27H,3-10,16-17H2,1-2H3,(H,28,29). The van der Waals surface area contributed by atoms with Crippen LogP contribution < -0.4 is 9.47 Å². The van der Waals surface area contributed by atoms with Gasteiger partial charge in [-0.3, -0.25) is 0 Å². The van der Waals surface area contributed by atoms with E-state index in [1.165, 1.54) is 0 Å². The van der Waals surface area contributed by atoms with Crippen LogP contribution in [0.15, 0.2) is 30.3 Å². The molecule has 3 N–H and O–H groups in total. The van der Waals surface area contributed by atoms with Crippen LogP contribution in [0.25, 0.3) is 10.8 Å². The van der Waals surface area contributed by atoms with Crippen molar-refractivity contribution >= 4 is 16.7 Å². The second-order valence-electron chi connectivity index (χ2n) is 8.05. The molecule has 0 amide bonds. The second kappa shape index (κ2) is 13.2. The van der Waals surface area contributed by atoms with E-state index in [0.29, 0.717) is 29.4 Å². The highest BCUT2D eigenvalue weighted by Gasteiger charge is 2.18. The van der Waals surface area contributed by atoms with E-state index in [2.05, 4.69) is 13.8 Å². The van der Waals surface area contributed by atoms with Crippen molar-refractivity contribution in [1.82, 2.24) is 0 Å². The molecule has 0 saturated heterocycles. The van der Waals surface area contributed by atoms with Gasteiger partial charge in [0.15, 0.2) is 0 Å². The number of carboxylic acids is 1. The highest BCUT2D eigenvalue weighted by atomic mass is 16.5. The van der Waals surface area contributed by atoms with Gasteiger partial charge in [0.2, 0.25) is 0 Å². The van der Waals surface area contributed by atoms with E-state index in [1.807, 2.05) is 0 Å². The maximum Gasteiger partial charge on any atom is 0.340 e. The van der Waals surface area contributed by atoms with Gasteiger partial charge < -0.3 is 24.8 Å². The monoisotopic (exact) mass is 432 g/mol. The summed E-state index contributed by atoms with van der Waals surface area (Å²) in [5.41, 5.74) is 0.0735. The van der Waals surface area contributed by atoms with Crippen LogP contribution in [0.3, 0.4) is 0 Å². The van der Waals surface area contributed by atoms with Gasteiger partial charge in [0.25, 0.3) is 0 Å². The van der Waals surface area contributed by atoms with Crippen molar-refractivity contribution in [1.29, 1.82) is 0 Å². The smallest absolute Gasteiger partial charge is 0.340 e. The Hall–Kier alpha value is -2.31. The van der Waals surface area contributed by atoms with Crippen molar-refractivity contribution in [2.24, 2.45) is 0 Å². The van der Waals surface area contributed by atoms with Gasteiger partial charge in [-0.05, 0) is 42.5 Å². The maximum absolute atomic E-state index is 11.9. The second-order valence-corrected chi connectivity index (χ2v) is 8.05. The highest BCUT2D eigenvalue weighted by Crippen LogP contribution is 2.31. The summed E-state index contributed by atoms with van der Waals surface area (Å²) in [6, 6.07) is 8.57. The number of ether oxygens (including phenoxy) is 2. The van der Waals surface area contributed by atoms with Crippen LogP contribution >= 0.6 is 0 Å². The molecule has 0 aliphatic carbocycles. The predicted octanol–water partition coefficient (Wildman–Crippen LogP) is 5.18. The SMILES string of the molecule is CCCCCC(O)COc1ccc2c(C(=O)O)c(OCC(O)CCCCC)ccc2c1. The number of aliphatic hydroxyl groups excluding tert-OH is 2. The zero-order chi connectivity index (χ0) is 22.6. The van der Waals surface area contributed by atoms with Gasteiger partial charge >= 0.3 is 5.97 Å². The lowest BCUT2D eigenvalue weighted by Gasteiger charge is -2.16. The van der Waals surface area contributed by atoms with Crippen LogP contribution in [0.1, 0.15) is 75.6 Å². The molecule has 0 aliphatic heterocycles. The number of fused-ring (bicyclic) bond motifs is 1. The Bertz CT molecular complexity index is 819. The third kappa shape index (κ3) is 8.04. The first-order valence-electron chi connectivity index (χ1n) is 11.4. The molecule has 2 aromatic carbocycles. The van der Waals surface area contributed by atoms with Crippen LogP contribution in [-0.4, -0.2) is 46.7 Å². The summed E-state index contributed by atoms with van der Waals surface area (Å²) in [5, 5.41) is 31.1. The van der Waals surface area contributed by atoms with Gasteiger partial charge in [0, 0.05) is 5.39 Å². The Labute approximate surface area is 184 Å². The molecule has 6 heteroatoms. The summed E-state index contributed by atoms with van der Waals surface area (Å²) < 4.78 is 11.4. The fraction of sp³-hybridized carbons (Fsp3) is 0.560. The van der Waals surface area contributed by atoms with E-state index in [4.69, 9.17) is 9.47 Å². The van der Waals surface area contributed by atoms with Crippen molar-refractivity contribution in [2.75, 3.05) is 13.2 Å². The topological polar surface area (TPSA) is 96.2 Å². The van der Waals surface area contributed by atoms with E-state index in [-0.39, 0.29) is 24.5 Å². The number of hydrogen-bond acceptors (Lipinski definition) is 5. The highest BCUT2D eigenvalue weighted by molar-refractivity contribution is 6.06. The fourth-order valence-electron chi connectivity index (χ4n) is 3.52. The minimum atomic E-state index is -1.08. The number of carboxylic acid groups (broad SMARTS) is 1. The average Bonchev–Trinajstić information content (AvgIpc) is 2.75. The number of benzene rings is 2. The molecule has 0 heterocycles. The van der Waals surface area contributed by atoms with E-state index >= 15 is 0 Å². The molecule has 0 radical (unpaired) electrons. The summed E-state index contributed by atoms with van der Waals surface area (Å²) in [6.07, 6.45) is 6.40. The van der Waals surface area contributed by atoms with Crippen molar-refractivity contribution < 1.29 is 29.6 Å². The van der Waals surface area contributed by atoms with Crippen molar-refractivity contribution in [3.8, 4) is 11.5 Å². The number of aliphatic hydroxyl groups is 2. The molecule has 0 bridgehead atoms. The zero-order valence-electron chi connectivity index (χ0n) is 18.7. The Balaban J connectivity index is 2.06. The molecule has 0 aliphatic rings. The number of carbonyl (C=O) groups is 1. The number of hydrogen-bond donors (Lipinski definition) is 3. The van der Waals surface area contributed by atoms with Crippen LogP contribution in [0.2, 0.25) is 0 Å². The van der Waals surface area contributed by atoms with Gasteiger partial charge in [-0.15, -0.1) is 0 Å². The molecule has 2 aromatic rings. The fourth-order valence-corrected chi connectivity index (χ4v) is 3.52. The Morgan fingerprint density at radius 1 is 0.871 bits per heavy atom. The molecule has 172 valence electrons. The van der Waals surface area contributed by atoms with E-state index < -0.39 is 18.2 Å². The van der Waals surface area contributed by atoms with E-state index in [9.17, 15) is 20.1 Å². The lowest BCUT2D eigenvalue weighted by atomic mass is 10.0. The lowest BCUT2D eigenvalue weighted by molar-refractivity contribution is 0.0682. The molecule has 2 unspecified atom stereocenters. The molecule has 2 rings (SSSR count). The van der Waals surface area contributed by atoms with Crippen molar-refractivity contribution in [3.05, 3.63) is 35.9 Å². The zero-order valence-corrected chi connectivity index (χ0v) is 18.7. The average molecular weight is 433 g/mol. The summed E-state index contributed by atoms with van der Waals surface area (Å²) in [5.74, 6) is -0.256. The summed E-state index contributed by atoms with van der Waals surface area (Å²) in [6.45, 7) is 4.49.